The Morgan fingerprint density at radius 3 is 2.86 bits per heavy atom. The fourth-order valence-electron chi connectivity index (χ4n) is 2.98. The van der Waals surface area contributed by atoms with Crippen molar-refractivity contribution in [3.05, 3.63) is 59.2 Å². The summed E-state index contributed by atoms with van der Waals surface area (Å²) < 4.78 is 5.33. The van der Waals surface area contributed by atoms with Gasteiger partial charge >= 0.3 is 0 Å². The summed E-state index contributed by atoms with van der Waals surface area (Å²) in [4.78, 5) is 0. The van der Waals surface area contributed by atoms with Crippen molar-refractivity contribution in [1.29, 1.82) is 0 Å². The van der Waals surface area contributed by atoms with Crippen molar-refractivity contribution in [2.45, 2.75) is 38.6 Å². The predicted octanol–water partition coefficient (Wildman–Crippen LogP) is 4.92. The second-order valence-electron chi connectivity index (χ2n) is 5.90. The average Bonchev–Trinajstić information content (AvgIpc) is 2.97. The fourth-order valence-corrected chi connectivity index (χ4v) is 2.98. The van der Waals surface area contributed by atoms with Crippen molar-refractivity contribution in [3.63, 3.8) is 0 Å². The van der Waals surface area contributed by atoms with E-state index in [1.165, 1.54) is 28.8 Å². The van der Waals surface area contributed by atoms with E-state index in [2.05, 4.69) is 55.6 Å². The normalized spacial score (nSPS) is 18.0. The molecule has 0 spiro atoms. The molecule has 0 amide bonds. The van der Waals surface area contributed by atoms with E-state index in [1.807, 2.05) is 6.07 Å². The first-order valence-corrected chi connectivity index (χ1v) is 7.74. The second-order valence-corrected chi connectivity index (χ2v) is 5.90. The van der Waals surface area contributed by atoms with Crippen molar-refractivity contribution in [1.82, 2.24) is 0 Å². The second kappa shape index (κ2) is 5.80. The molecule has 2 heteroatoms. The van der Waals surface area contributed by atoms with Gasteiger partial charge in [0.15, 0.2) is 0 Å². The van der Waals surface area contributed by atoms with Crippen LogP contribution >= 0.6 is 0 Å². The fraction of sp³-hybridized carbons (Fsp3) is 0.368. The average molecular weight is 281 g/mol. The summed E-state index contributed by atoms with van der Waals surface area (Å²) in [5.41, 5.74) is 5.44. The number of ether oxygens (including phenoxy) is 1. The molecule has 1 aliphatic heterocycles. The van der Waals surface area contributed by atoms with Crippen LogP contribution in [0.25, 0.3) is 0 Å². The van der Waals surface area contributed by atoms with Crippen molar-refractivity contribution >= 4 is 5.69 Å². The van der Waals surface area contributed by atoms with Crippen LogP contribution < -0.4 is 10.1 Å². The third kappa shape index (κ3) is 2.76. The van der Waals surface area contributed by atoms with Gasteiger partial charge in [0, 0.05) is 5.69 Å². The minimum Gasteiger partial charge on any atom is -0.497 e. The summed E-state index contributed by atoms with van der Waals surface area (Å²) in [6.07, 6.45) is 2.23. The molecule has 110 valence electrons. The minimum atomic E-state index is 0.349. The molecule has 21 heavy (non-hydrogen) atoms. The van der Waals surface area contributed by atoms with Gasteiger partial charge in [0.05, 0.1) is 13.2 Å². The van der Waals surface area contributed by atoms with Gasteiger partial charge in [-0.1, -0.05) is 38.1 Å². The Morgan fingerprint density at radius 2 is 2.10 bits per heavy atom. The Bertz CT molecular complexity index is 635. The van der Waals surface area contributed by atoms with E-state index >= 15 is 0 Å². The highest BCUT2D eigenvalue weighted by atomic mass is 16.5. The molecule has 0 aromatic heterocycles. The highest BCUT2D eigenvalue weighted by molar-refractivity contribution is 5.59. The molecule has 2 aromatic carbocycles. The molecule has 1 heterocycles. The number of rotatable bonds is 4. The highest BCUT2D eigenvalue weighted by Gasteiger charge is 2.23. The SMILES string of the molecule is CCC(C)c1ccc2c(c1)CC(c1cccc(OC)c1)N2. The lowest BCUT2D eigenvalue weighted by Crippen LogP contribution is -2.05. The minimum absolute atomic E-state index is 0.349. The molecule has 2 aromatic rings. The third-order valence-corrected chi connectivity index (χ3v) is 4.56. The van der Waals surface area contributed by atoms with Crippen molar-refractivity contribution in [3.8, 4) is 5.75 Å². The molecule has 1 aliphatic rings. The van der Waals surface area contributed by atoms with E-state index in [9.17, 15) is 0 Å². The van der Waals surface area contributed by atoms with E-state index < -0.39 is 0 Å². The van der Waals surface area contributed by atoms with Gasteiger partial charge < -0.3 is 10.1 Å². The van der Waals surface area contributed by atoms with E-state index in [0.29, 0.717) is 12.0 Å². The van der Waals surface area contributed by atoms with Crippen molar-refractivity contribution < 1.29 is 4.74 Å². The van der Waals surface area contributed by atoms with Gasteiger partial charge in [-0.25, -0.2) is 0 Å². The van der Waals surface area contributed by atoms with Gasteiger partial charge in [0.25, 0.3) is 0 Å². The summed E-state index contributed by atoms with van der Waals surface area (Å²) in [6.45, 7) is 4.54. The predicted molar refractivity (Wildman–Crippen MR) is 88.2 cm³/mol. The molecular weight excluding hydrogens is 258 g/mol. The number of nitrogens with one attached hydrogen (secondary N) is 1. The van der Waals surface area contributed by atoms with Gasteiger partial charge in [-0.05, 0) is 53.6 Å². The topological polar surface area (TPSA) is 21.3 Å². The van der Waals surface area contributed by atoms with Crippen LogP contribution in [0.15, 0.2) is 42.5 Å². The van der Waals surface area contributed by atoms with Gasteiger partial charge in [-0.2, -0.15) is 0 Å². The summed E-state index contributed by atoms with van der Waals surface area (Å²) in [7, 11) is 1.72. The molecular formula is C19H23NO. The molecule has 0 bridgehead atoms. The van der Waals surface area contributed by atoms with Crippen LogP contribution in [0.3, 0.4) is 0 Å². The molecule has 1 N–H and O–H groups in total. The standard InChI is InChI=1S/C19H23NO/c1-4-13(2)14-8-9-18-16(10-14)12-19(20-18)15-6-5-7-17(11-15)21-3/h5-11,13,19-20H,4,12H2,1-3H3. The molecule has 2 unspecified atom stereocenters. The van der Waals surface area contributed by atoms with E-state index in [4.69, 9.17) is 4.74 Å². The molecule has 2 atom stereocenters. The lowest BCUT2D eigenvalue weighted by molar-refractivity contribution is 0.414. The summed E-state index contributed by atoms with van der Waals surface area (Å²) in [5, 5.41) is 3.63. The molecule has 0 saturated heterocycles. The third-order valence-electron chi connectivity index (χ3n) is 4.56. The zero-order chi connectivity index (χ0) is 14.8. The smallest absolute Gasteiger partial charge is 0.119 e. The number of methoxy groups -OCH3 is 1. The summed E-state index contributed by atoms with van der Waals surface area (Å²) >= 11 is 0. The monoisotopic (exact) mass is 281 g/mol. The number of hydrogen-bond donors (Lipinski definition) is 1. The first-order valence-electron chi connectivity index (χ1n) is 7.74. The Labute approximate surface area is 127 Å². The van der Waals surface area contributed by atoms with Crippen LogP contribution in [0.1, 0.15) is 48.9 Å². The van der Waals surface area contributed by atoms with Crippen LogP contribution in [-0.4, -0.2) is 7.11 Å². The van der Waals surface area contributed by atoms with Crippen molar-refractivity contribution in [2.24, 2.45) is 0 Å². The van der Waals surface area contributed by atoms with E-state index in [1.54, 1.807) is 7.11 Å². The molecule has 0 aliphatic carbocycles. The lowest BCUT2D eigenvalue weighted by Gasteiger charge is -2.12. The van der Waals surface area contributed by atoms with Crippen LogP contribution in [0.5, 0.6) is 5.75 Å². The number of benzene rings is 2. The molecule has 2 nitrogen and oxygen atoms in total. The summed E-state index contributed by atoms with van der Waals surface area (Å²) in [5.74, 6) is 1.55. The Morgan fingerprint density at radius 1 is 1.24 bits per heavy atom. The first-order chi connectivity index (χ1) is 10.2. The Balaban J connectivity index is 1.83. The summed E-state index contributed by atoms with van der Waals surface area (Å²) in [6, 6.07) is 15.6. The van der Waals surface area contributed by atoms with Gasteiger partial charge in [0.1, 0.15) is 5.75 Å². The molecule has 0 saturated carbocycles. The van der Waals surface area contributed by atoms with Crippen LogP contribution in [-0.2, 0) is 6.42 Å². The van der Waals surface area contributed by atoms with Gasteiger partial charge in [0.2, 0.25) is 0 Å². The first kappa shape index (κ1) is 14.0. The maximum atomic E-state index is 5.33. The quantitative estimate of drug-likeness (QED) is 0.859. The Kier molecular flexibility index (Phi) is 3.87. The maximum Gasteiger partial charge on any atom is 0.119 e. The Hall–Kier alpha value is -1.96. The number of hydrogen-bond acceptors (Lipinski definition) is 2. The largest absolute Gasteiger partial charge is 0.497 e. The van der Waals surface area contributed by atoms with Gasteiger partial charge in [-0.15, -0.1) is 0 Å². The van der Waals surface area contributed by atoms with E-state index in [0.717, 1.165) is 12.2 Å². The number of anilines is 1. The van der Waals surface area contributed by atoms with Crippen molar-refractivity contribution in [2.75, 3.05) is 12.4 Å². The maximum absolute atomic E-state index is 5.33. The highest BCUT2D eigenvalue weighted by Crippen LogP contribution is 2.36. The van der Waals surface area contributed by atoms with E-state index in [-0.39, 0.29) is 0 Å². The lowest BCUT2D eigenvalue weighted by atomic mass is 9.95. The zero-order valence-electron chi connectivity index (χ0n) is 13.0. The van der Waals surface area contributed by atoms with Crippen LogP contribution in [0.4, 0.5) is 5.69 Å². The van der Waals surface area contributed by atoms with Gasteiger partial charge in [-0.3, -0.25) is 0 Å². The zero-order valence-corrected chi connectivity index (χ0v) is 13.0. The number of fused-ring (bicyclic) bond motifs is 1. The molecule has 0 radical (unpaired) electrons. The van der Waals surface area contributed by atoms with Crippen LogP contribution in [0.2, 0.25) is 0 Å². The van der Waals surface area contributed by atoms with Crippen LogP contribution in [0, 0.1) is 0 Å². The molecule has 3 rings (SSSR count). The molecule has 0 fully saturated rings.